The maximum atomic E-state index is 13.9. The predicted molar refractivity (Wildman–Crippen MR) is 95.3 cm³/mol. The molecule has 0 spiro atoms. The third kappa shape index (κ3) is 2.80. The molecule has 2 heterocycles. The fourth-order valence-electron chi connectivity index (χ4n) is 3.02. The van der Waals surface area contributed by atoms with E-state index in [-0.39, 0.29) is 18.1 Å². The summed E-state index contributed by atoms with van der Waals surface area (Å²) < 4.78 is 13.9. The second kappa shape index (κ2) is 6.12. The van der Waals surface area contributed by atoms with Crippen molar-refractivity contribution in [3.63, 3.8) is 0 Å². The highest BCUT2D eigenvalue weighted by Crippen LogP contribution is 2.31. The second-order valence-corrected chi connectivity index (χ2v) is 6.09. The van der Waals surface area contributed by atoms with Crippen LogP contribution in [-0.2, 0) is 11.2 Å². The number of carbonyl (C=O) groups excluding carboxylic acids is 1. The molecule has 4 rings (SSSR count). The lowest BCUT2D eigenvalue weighted by atomic mass is 10.1. The van der Waals surface area contributed by atoms with Crippen molar-refractivity contribution >= 4 is 28.6 Å². The average molecular weight is 336 g/mol. The topological polar surface area (TPSA) is 49.3 Å². The minimum atomic E-state index is -0.366. The summed E-state index contributed by atoms with van der Waals surface area (Å²) >= 11 is 0. The molecule has 3 aromatic rings. The summed E-state index contributed by atoms with van der Waals surface area (Å²) in [6, 6.07) is 13.9. The number of halogens is 1. The van der Waals surface area contributed by atoms with Gasteiger partial charge in [0.2, 0.25) is 5.91 Å². The van der Waals surface area contributed by atoms with Crippen LogP contribution >= 0.6 is 0 Å². The van der Waals surface area contributed by atoms with Gasteiger partial charge in [0.15, 0.2) is 11.6 Å². The smallest absolute Gasteiger partial charge is 0.232 e. The molecule has 0 saturated heterocycles. The molecule has 0 saturated carbocycles. The molecule has 6 heteroatoms. The number of para-hydroxylation sites is 2. The Hall–Kier alpha value is -3.02. The first kappa shape index (κ1) is 15.5. The maximum Gasteiger partial charge on any atom is 0.232 e. The van der Waals surface area contributed by atoms with Crippen molar-refractivity contribution in [2.45, 2.75) is 6.42 Å². The first-order valence-corrected chi connectivity index (χ1v) is 8.15. The van der Waals surface area contributed by atoms with Gasteiger partial charge in [0.05, 0.1) is 17.5 Å². The number of benzene rings is 2. The molecule has 0 fully saturated rings. The van der Waals surface area contributed by atoms with E-state index in [1.807, 2.05) is 36.2 Å². The van der Waals surface area contributed by atoms with Crippen LogP contribution in [0, 0.1) is 5.82 Å². The SMILES string of the molecule is CN1CCN(C(=O)Cc2ccccc2F)c2nc3ccccc3nc21. The molecule has 1 amide bonds. The van der Waals surface area contributed by atoms with Crippen molar-refractivity contribution in [1.29, 1.82) is 0 Å². The summed E-state index contributed by atoms with van der Waals surface area (Å²) in [5, 5.41) is 0. The number of nitrogens with zero attached hydrogens (tertiary/aromatic N) is 4. The van der Waals surface area contributed by atoms with Crippen molar-refractivity contribution in [3.8, 4) is 0 Å². The van der Waals surface area contributed by atoms with Crippen LogP contribution in [0.4, 0.5) is 16.0 Å². The van der Waals surface area contributed by atoms with Gasteiger partial charge in [-0.3, -0.25) is 9.69 Å². The van der Waals surface area contributed by atoms with E-state index in [0.29, 0.717) is 30.3 Å². The lowest BCUT2D eigenvalue weighted by Crippen LogP contribution is -2.44. The monoisotopic (exact) mass is 336 g/mol. The lowest BCUT2D eigenvalue weighted by molar-refractivity contribution is -0.118. The van der Waals surface area contributed by atoms with E-state index >= 15 is 0 Å². The Morgan fingerprint density at radius 2 is 1.64 bits per heavy atom. The van der Waals surface area contributed by atoms with Crippen LogP contribution in [0.2, 0.25) is 0 Å². The zero-order chi connectivity index (χ0) is 17.4. The molecular formula is C19H17FN4O. The van der Waals surface area contributed by atoms with Crippen LogP contribution in [0.5, 0.6) is 0 Å². The number of aromatic nitrogens is 2. The molecule has 1 aliphatic heterocycles. The highest BCUT2D eigenvalue weighted by Gasteiger charge is 2.28. The highest BCUT2D eigenvalue weighted by atomic mass is 19.1. The number of anilines is 2. The van der Waals surface area contributed by atoms with E-state index in [0.717, 1.165) is 11.0 Å². The predicted octanol–water partition coefficient (Wildman–Crippen LogP) is 2.79. The van der Waals surface area contributed by atoms with Crippen LogP contribution in [0.15, 0.2) is 48.5 Å². The quantitative estimate of drug-likeness (QED) is 0.722. The van der Waals surface area contributed by atoms with E-state index < -0.39 is 0 Å². The van der Waals surface area contributed by atoms with Crippen LogP contribution in [-0.4, -0.2) is 36.0 Å². The largest absolute Gasteiger partial charge is 0.355 e. The van der Waals surface area contributed by atoms with E-state index in [4.69, 9.17) is 0 Å². The van der Waals surface area contributed by atoms with Gasteiger partial charge in [-0.15, -0.1) is 0 Å². The zero-order valence-corrected chi connectivity index (χ0v) is 13.8. The Morgan fingerprint density at radius 3 is 2.36 bits per heavy atom. The first-order valence-electron chi connectivity index (χ1n) is 8.15. The Kier molecular flexibility index (Phi) is 3.80. The van der Waals surface area contributed by atoms with Gasteiger partial charge in [0, 0.05) is 20.1 Å². The van der Waals surface area contributed by atoms with Gasteiger partial charge in [-0.05, 0) is 23.8 Å². The third-order valence-corrected chi connectivity index (χ3v) is 4.41. The zero-order valence-electron chi connectivity index (χ0n) is 13.8. The molecular weight excluding hydrogens is 319 g/mol. The van der Waals surface area contributed by atoms with Crippen molar-refractivity contribution in [2.75, 3.05) is 29.9 Å². The van der Waals surface area contributed by atoms with Gasteiger partial charge in [-0.1, -0.05) is 30.3 Å². The van der Waals surface area contributed by atoms with Crippen molar-refractivity contribution in [3.05, 3.63) is 59.9 Å². The summed E-state index contributed by atoms with van der Waals surface area (Å²) in [5.41, 5.74) is 1.92. The summed E-state index contributed by atoms with van der Waals surface area (Å²) in [4.78, 5) is 25.7. The van der Waals surface area contributed by atoms with Crippen molar-refractivity contribution in [1.82, 2.24) is 9.97 Å². The summed E-state index contributed by atoms with van der Waals surface area (Å²) in [6.07, 6.45) is 0.00430. The third-order valence-electron chi connectivity index (χ3n) is 4.41. The van der Waals surface area contributed by atoms with Crippen LogP contribution in [0.25, 0.3) is 11.0 Å². The molecule has 0 unspecified atom stereocenters. The van der Waals surface area contributed by atoms with Gasteiger partial charge in [-0.2, -0.15) is 0 Å². The van der Waals surface area contributed by atoms with Gasteiger partial charge in [-0.25, -0.2) is 14.4 Å². The minimum Gasteiger partial charge on any atom is -0.355 e. The number of likely N-dealkylation sites (N-methyl/N-ethyl adjacent to an activating group) is 1. The summed E-state index contributed by atoms with van der Waals surface area (Å²) in [7, 11) is 1.93. The normalized spacial score (nSPS) is 13.8. The number of hydrogen-bond acceptors (Lipinski definition) is 4. The van der Waals surface area contributed by atoms with Gasteiger partial charge in [0.25, 0.3) is 0 Å². The average Bonchev–Trinajstić information content (AvgIpc) is 2.62. The van der Waals surface area contributed by atoms with E-state index in [2.05, 4.69) is 9.97 Å². The number of rotatable bonds is 2. The number of carbonyl (C=O) groups is 1. The molecule has 5 nitrogen and oxygen atoms in total. The van der Waals surface area contributed by atoms with E-state index in [1.54, 1.807) is 23.1 Å². The van der Waals surface area contributed by atoms with Gasteiger partial charge >= 0.3 is 0 Å². The molecule has 25 heavy (non-hydrogen) atoms. The molecule has 0 N–H and O–H groups in total. The minimum absolute atomic E-state index is 0.00430. The fourth-order valence-corrected chi connectivity index (χ4v) is 3.02. The molecule has 126 valence electrons. The Morgan fingerprint density at radius 1 is 1.00 bits per heavy atom. The molecule has 2 aromatic carbocycles. The van der Waals surface area contributed by atoms with Crippen molar-refractivity contribution < 1.29 is 9.18 Å². The Labute approximate surface area is 144 Å². The number of amides is 1. The standard InChI is InChI=1S/C19H17FN4O/c1-23-10-11-24(17(25)12-13-6-2-3-7-14(13)20)19-18(23)21-15-8-4-5-9-16(15)22-19/h2-9H,10-12H2,1H3. The number of fused-ring (bicyclic) bond motifs is 2. The molecule has 0 atom stereocenters. The summed E-state index contributed by atoms with van der Waals surface area (Å²) in [5.74, 6) is 0.666. The Bertz CT molecular complexity index is 959. The second-order valence-electron chi connectivity index (χ2n) is 6.09. The fraction of sp³-hybridized carbons (Fsp3) is 0.211. The van der Waals surface area contributed by atoms with Gasteiger partial charge in [0.1, 0.15) is 5.82 Å². The van der Waals surface area contributed by atoms with Crippen LogP contribution in [0.1, 0.15) is 5.56 Å². The molecule has 0 bridgehead atoms. The van der Waals surface area contributed by atoms with E-state index in [9.17, 15) is 9.18 Å². The number of hydrogen-bond donors (Lipinski definition) is 0. The van der Waals surface area contributed by atoms with Crippen molar-refractivity contribution in [2.24, 2.45) is 0 Å². The molecule has 0 radical (unpaired) electrons. The molecule has 1 aromatic heterocycles. The lowest BCUT2D eigenvalue weighted by Gasteiger charge is -2.33. The van der Waals surface area contributed by atoms with Crippen LogP contribution in [0.3, 0.4) is 0 Å². The Balaban J connectivity index is 1.72. The highest BCUT2D eigenvalue weighted by molar-refractivity contribution is 5.98. The molecule has 1 aliphatic rings. The van der Waals surface area contributed by atoms with E-state index in [1.165, 1.54) is 6.07 Å². The molecule has 0 aliphatic carbocycles. The maximum absolute atomic E-state index is 13.9. The van der Waals surface area contributed by atoms with Gasteiger partial charge < -0.3 is 4.90 Å². The first-order chi connectivity index (χ1) is 12.1. The summed E-state index contributed by atoms with van der Waals surface area (Å²) in [6.45, 7) is 1.16. The van der Waals surface area contributed by atoms with Crippen LogP contribution < -0.4 is 9.80 Å².